The summed E-state index contributed by atoms with van der Waals surface area (Å²) in [5, 5.41) is 0. The van der Waals surface area contributed by atoms with E-state index in [1.165, 1.54) is 0 Å². The van der Waals surface area contributed by atoms with Crippen LogP contribution in [0, 0.1) is 0 Å². The molecule has 4 heteroatoms. The van der Waals surface area contributed by atoms with E-state index < -0.39 is 0 Å². The molecular weight excluding hydrogens is 224 g/mol. The molecule has 4 nitrogen and oxygen atoms in total. The van der Waals surface area contributed by atoms with Crippen molar-refractivity contribution in [1.29, 1.82) is 0 Å². The molecule has 2 atom stereocenters. The van der Waals surface area contributed by atoms with E-state index >= 15 is 0 Å². The normalized spacial score (nSPS) is 12.8. The van der Waals surface area contributed by atoms with Crippen LogP contribution >= 0.6 is 0 Å². The van der Waals surface area contributed by atoms with Crippen molar-refractivity contribution in [3.8, 4) is 0 Å². The van der Waals surface area contributed by atoms with Crippen molar-refractivity contribution in [2.24, 2.45) is 11.5 Å². The molecule has 2 aromatic rings. The Labute approximate surface area is 108 Å². The third kappa shape index (κ3) is 3.65. The van der Waals surface area contributed by atoms with Crippen LogP contribution in [0.25, 0.3) is 0 Å². The van der Waals surface area contributed by atoms with Gasteiger partial charge in [-0.05, 0) is 11.1 Å². The van der Waals surface area contributed by atoms with E-state index in [1.807, 2.05) is 60.7 Å². The Balaban J connectivity index is 0.00000144. The summed E-state index contributed by atoms with van der Waals surface area (Å²) >= 11 is 0. The van der Waals surface area contributed by atoms with Gasteiger partial charge in [-0.15, -0.1) is 0 Å². The first kappa shape index (κ1) is 16.3. The molecular formula is C14H22N4. The van der Waals surface area contributed by atoms with Gasteiger partial charge in [-0.25, -0.2) is 0 Å². The third-order valence-electron chi connectivity index (χ3n) is 2.76. The number of rotatable bonds is 3. The van der Waals surface area contributed by atoms with Crippen molar-refractivity contribution in [3.63, 3.8) is 0 Å². The summed E-state index contributed by atoms with van der Waals surface area (Å²) in [7, 11) is 0. The first-order valence-electron chi connectivity index (χ1n) is 5.40. The van der Waals surface area contributed by atoms with E-state index in [-0.39, 0.29) is 24.4 Å². The minimum atomic E-state index is -0.163. The van der Waals surface area contributed by atoms with Gasteiger partial charge in [0.25, 0.3) is 0 Å². The lowest BCUT2D eigenvalue weighted by molar-refractivity contribution is 0.574. The Morgan fingerprint density at radius 2 is 0.833 bits per heavy atom. The fourth-order valence-electron chi connectivity index (χ4n) is 1.77. The largest absolute Gasteiger partial charge is 0.344 e. The number of benzene rings is 2. The van der Waals surface area contributed by atoms with Gasteiger partial charge in [0, 0.05) is 12.1 Å². The Hall–Kier alpha value is -1.72. The van der Waals surface area contributed by atoms with Crippen LogP contribution in [0.15, 0.2) is 60.7 Å². The maximum Gasteiger partial charge on any atom is 0.0491 e. The highest BCUT2D eigenvalue weighted by molar-refractivity contribution is 5.26. The molecule has 0 fully saturated rings. The fourth-order valence-corrected chi connectivity index (χ4v) is 1.77. The van der Waals surface area contributed by atoms with Crippen molar-refractivity contribution in [3.05, 3.63) is 71.8 Å². The van der Waals surface area contributed by atoms with Crippen LogP contribution < -0.4 is 23.8 Å². The number of hydrogen-bond acceptors (Lipinski definition) is 4. The second-order valence-electron chi connectivity index (χ2n) is 3.87. The fraction of sp³-hybridized carbons (Fsp3) is 0.143. The van der Waals surface area contributed by atoms with Crippen molar-refractivity contribution < 1.29 is 0 Å². The van der Waals surface area contributed by atoms with Crippen molar-refractivity contribution in [2.45, 2.75) is 12.1 Å². The summed E-state index contributed by atoms with van der Waals surface area (Å²) in [6.45, 7) is 0. The van der Waals surface area contributed by atoms with Crippen LogP contribution in [0.3, 0.4) is 0 Å². The maximum atomic E-state index is 6.15. The smallest absolute Gasteiger partial charge is 0.0491 e. The van der Waals surface area contributed by atoms with Crippen molar-refractivity contribution in [2.75, 3.05) is 0 Å². The lowest BCUT2D eigenvalue weighted by atomic mass is 9.95. The summed E-state index contributed by atoms with van der Waals surface area (Å²) in [6.07, 6.45) is 0. The van der Waals surface area contributed by atoms with Crippen LogP contribution in [0.5, 0.6) is 0 Å². The zero-order valence-corrected chi connectivity index (χ0v) is 10.5. The molecule has 0 aliphatic rings. The highest BCUT2D eigenvalue weighted by Gasteiger charge is 2.16. The first-order valence-corrected chi connectivity index (χ1v) is 5.40. The lowest BCUT2D eigenvalue weighted by Gasteiger charge is -2.20. The average molecular weight is 246 g/mol. The van der Waals surface area contributed by atoms with Gasteiger partial charge >= 0.3 is 0 Å². The molecule has 0 aliphatic carbocycles. The molecule has 0 aromatic heterocycles. The van der Waals surface area contributed by atoms with Gasteiger partial charge in [-0.3, -0.25) is 0 Å². The quantitative estimate of drug-likeness (QED) is 0.665. The Morgan fingerprint density at radius 1 is 0.556 bits per heavy atom. The van der Waals surface area contributed by atoms with E-state index in [1.54, 1.807) is 0 Å². The van der Waals surface area contributed by atoms with E-state index in [9.17, 15) is 0 Å². The molecule has 0 aliphatic heterocycles. The zero-order chi connectivity index (χ0) is 11.4. The summed E-state index contributed by atoms with van der Waals surface area (Å²) in [6, 6.07) is 19.6. The summed E-state index contributed by atoms with van der Waals surface area (Å²) < 4.78 is 0. The van der Waals surface area contributed by atoms with Gasteiger partial charge in [0.1, 0.15) is 0 Å². The second kappa shape index (κ2) is 7.58. The zero-order valence-electron chi connectivity index (χ0n) is 10.5. The summed E-state index contributed by atoms with van der Waals surface area (Å²) in [5.74, 6) is 0. The van der Waals surface area contributed by atoms with Gasteiger partial charge in [-0.2, -0.15) is 0 Å². The van der Waals surface area contributed by atoms with Gasteiger partial charge in [0.05, 0.1) is 0 Å². The molecule has 18 heavy (non-hydrogen) atoms. The van der Waals surface area contributed by atoms with Crippen LogP contribution in [0.2, 0.25) is 0 Å². The molecule has 0 spiro atoms. The van der Waals surface area contributed by atoms with Crippen LogP contribution in [-0.2, 0) is 0 Å². The minimum Gasteiger partial charge on any atom is -0.344 e. The number of nitrogens with two attached hydrogens (primary N) is 2. The molecule has 0 amide bonds. The molecule has 0 saturated carbocycles. The lowest BCUT2D eigenvalue weighted by Crippen LogP contribution is -2.26. The monoisotopic (exact) mass is 246 g/mol. The minimum absolute atomic E-state index is 0. The van der Waals surface area contributed by atoms with E-state index in [0.29, 0.717) is 0 Å². The summed E-state index contributed by atoms with van der Waals surface area (Å²) in [4.78, 5) is 0. The van der Waals surface area contributed by atoms with Crippen molar-refractivity contribution in [1.82, 2.24) is 12.3 Å². The highest BCUT2D eigenvalue weighted by atomic mass is 14.8. The maximum absolute atomic E-state index is 6.15. The molecule has 2 unspecified atom stereocenters. The second-order valence-corrected chi connectivity index (χ2v) is 3.87. The molecule has 0 heterocycles. The van der Waals surface area contributed by atoms with E-state index in [4.69, 9.17) is 11.5 Å². The van der Waals surface area contributed by atoms with E-state index in [2.05, 4.69) is 0 Å². The van der Waals surface area contributed by atoms with Crippen LogP contribution in [0.4, 0.5) is 0 Å². The highest BCUT2D eigenvalue weighted by Crippen LogP contribution is 2.23. The Bertz CT molecular complexity index is 387. The van der Waals surface area contributed by atoms with Gasteiger partial charge in [-0.1, -0.05) is 60.7 Å². The molecule has 2 aromatic carbocycles. The van der Waals surface area contributed by atoms with Crippen LogP contribution in [0.1, 0.15) is 23.2 Å². The predicted octanol–water partition coefficient (Wildman–Crippen LogP) is 2.71. The summed E-state index contributed by atoms with van der Waals surface area (Å²) in [5.41, 5.74) is 14.4. The molecule has 10 N–H and O–H groups in total. The average Bonchev–Trinajstić information content (AvgIpc) is 2.39. The van der Waals surface area contributed by atoms with Gasteiger partial charge < -0.3 is 23.8 Å². The van der Waals surface area contributed by atoms with Crippen LogP contribution in [-0.4, -0.2) is 0 Å². The molecule has 0 saturated heterocycles. The molecule has 0 bridgehead atoms. The van der Waals surface area contributed by atoms with E-state index in [0.717, 1.165) is 11.1 Å². The molecule has 2 rings (SSSR count). The molecule has 98 valence electrons. The number of hydrogen-bond donors (Lipinski definition) is 4. The van der Waals surface area contributed by atoms with Crippen molar-refractivity contribution >= 4 is 0 Å². The topological polar surface area (TPSA) is 122 Å². The Kier molecular flexibility index (Phi) is 6.85. The standard InChI is InChI=1S/C14H16N2.2H3N/c15-13(11-7-3-1-4-8-11)14(16)12-9-5-2-6-10-12;;/h1-10,13-14H,15-16H2;2*1H3. The SMILES string of the molecule is N.N.NC(c1ccccc1)C(N)c1ccccc1. The first-order chi connectivity index (χ1) is 7.79. The van der Waals surface area contributed by atoms with Gasteiger partial charge in [0.2, 0.25) is 0 Å². The predicted molar refractivity (Wildman–Crippen MR) is 76.8 cm³/mol. The Morgan fingerprint density at radius 3 is 1.11 bits per heavy atom. The van der Waals surface area contributed by atoms with Gasteiger partial charge in [0.15, 0.2) is 0 Å². The third-order valence-corrected chi connectivity index (χ3v) is 2.76. The molecule has 0 radical (unpaired) electrons.